The predicted octanol–water partition coefficient (Wildman–Crippen LogP) is 6.99. The minimum atomic E-state index is -0.826. The highest BCUT2D eigenvalue weighted by molar-refractivity contribution is 5.77. The fraction of sp³-hybridized carbons (Fsp3) is 0.355. The van der Waals surface area contributed by atoms with Crippen LogP contribution in [0.25, 0.3) is 22.3 Å². The van der Waals surface area contributed by atoms with Gasteiger partial charge in [0, 0.05) is 0 Å². The summed E-state index contributed by atoms with van der Waals surface area (Å²) in [6.07, 6.45) is -0.931. The molecule has 0 spiro atoms. The number of nitrogens with one attached hydrogen (secondary N) is 1. The zero-order valence-electron chi connectivity index (χ0n) is 22.5. The molecule has 3 aromatic carbocycles. The molecular weight excluding hydrogens is 464 g/mol. The quantitative estimate of drug-likeness (QED) is 0.419. The molecule has 6 heteroatoms. The van der Waals surface area contributed by atoms with Gasteiger partial charge in [0.15, 0.2) is 0 Å². The van der Waals surface area contributed by atoms with Crippen LogP contribution in [0.3, 0.4) is 0 Å². The maximum absolute atomic E-state index is 13.0. The molecule has 37 heavy (non-hydrogen) atoms. The third kappa shape index (κ3) is 6.50. The largest absolute Gasteiger partial charge is 0.444 e. The van der Waals surface area contributed by atoms with E-state index >= 15 is 0 Å². The third-order valence-corrected chi connectivity index (χ3v) is 6.01. The molecule has 0 unspecified atom stereocenters. The topological polar surface area (TPSA) is 67.9 Å². The molecule has 1 heterocycles. The number of amides is 2. The van der Waals surface area contributed by atoms with Gasteiger partial charge >= 0.3 is 12.2 Å². The Bertz CT molecular complexity index is 1190. The molecular formula is C31H36N2O4. The van der Waals surface area contributed by atoms with Gasteiger partial charge < -0.3 is 19.7 Å². The molecule has 3 aromatic rings. The Morgan fingerprint density at radius 1 is 0.703 bits per heavy atom. The third-order valence-electron chi connectivity index (χ3n) is 6.01. The summed E-state index contributed by atoms with van der Waals surface area (Å²) in [5, 5.41) is 3.10. The van der Waals surface area contributed by atoms with E-state index in [0.717, 1.165) is 27.8 Å². The van der Waals surface area contributed by atoms with Gasteiger partial charge in [-0.3, -0.25) is 0 Å². The number of hydrogen-bond donors (Lipinski definition) is 1. The van der Waals surface area contributed by atoms with Crippen LogP contribution in [0, 0.1) is 0 Å². The van der Waals surface area contributed by atoms with Crippen LogP contribution >= 0.6 is 0 Å². The van der Waals surface area contributed by atoms with Crippen LogP contribution in [0.4, 0.5) is 9.59 Å². The number of rotatable bonds is 4. The average Bonchev–Trinajstić information content (AvgIpc) is 2.79. The minimum absolute atomic E-state index is 0.271. The molecule has 1 fully saturated rings. The van der Waals surface area contributed by atoms with Crippen LogP contribution in [0.2, 0.25) is 0 Å². The number of alkyl carbamates (subject to hydrolysis) is 1. The predicted molar refractivity (Wildman–Crippen MR) is 146 cm³/mol. The SMILES string of the molecule is CC(C)(C)OC(=O)NC1(c2cc(-c3ccccc3)cc(-c3ccccc3)c2)CN(C(=O)OC(C)(C)C)C1. The molecule has 2 amide bonds. The van der Waals surface area contributed by atoms with E-state index in [9.17, 15) is 9.59 Å². The van der Waals surface area contributed by atoms with Crippen LogP contribution in [0.1, 0.15) is 47.1 Å². The van der Waals surface area contributed by atoms with Crippen molar-refractivity contribution in [3.63, 3.8) is 0 Å². The molecule has 6 nitrogen and oxygen atoms in total. The second-order valence-corrected chi connectivity index (χ2v) is 11.6. The first-order valence-electron chi connectivity index (χ1n) is 12.6. The second-order valence-electron chi connectivity index (χ2n) is 11.6. The summed E-state index contributed by atoms with van der Waals surface area (Å²) in [5.41, 5.74) is 3.00. The monoisotopic (exact) mass is 500 g/mol. The van der Waals surface area contributed by atoms with E-state index in [2.05, 4.69) is 47.8 Å². The number of hydrogen-bond acceptors (Lipinski definition) is 4. The molecule has 194 valence electrons. The Morgan fingerprint density at radius 3 is 1.59 bits per heavy atom. The second kappa shape index (κ2) is 9.92. The fourth-order valence-electron chi connectivity index (χ4n) is 4.39. The molecule has 0 saturated carbocycles. The maximum Gasteiger partial charge on any atom is 0.410 e. The highest BCUT2D eigenvalue weighted by Crippen LogP contribution is 2.38. The molecule has 1 N–H and O–H groups in total. The van der Waals surface area contributed by atoms with Gasteiger partial charge in [-0.05, 0) is 87.6 Å². The van der Waals surface area contributed by atoms with Gasteiger partial charge in [0.25, 0.3) is 0 Å². The van der Waals surface area contributed by atoms with Gasteiger partial charge in [-0.15, -0.1) is 0 Å². The first kappa shape index (κ1) is 26.3. The molecule has 0 aromatic heterocycles. The summed E-state index contributed by atoms with van der Waals surface area (Å²) in [5.74, 6) is 0. The Balaban J connectivity index is 1.77. The van der Waals surface area contributed by atoms with E-state index in [1.807, 2.05) is 77.9 Å². The fourth-order valence-corrected chi connectivity index (χ4v) is 4.39. The Kier molecular flexibility index (Phi) is 7.05. The number of likely N-dealkylation sites (tertiary alicyclic amines) is 1. The smallest absolute Gasteiger partial charge is 0.410 e. The summed E-state index contributed by atoms with van der Waals surface area (Å²) < 4.78 is 11.2. The van der Waals surface area contributed by atoms with Crippen molar-refractivity contribution in [2.45, 2.75) is 58.3 Å². The number of ether oxygens (including phenoxy) is 2. The Hall–Kier alpha value is -3.80. The van der Waals surface area contributed by atoms with E-state index < -0.39 is 28.9 Å². The summed E-state index contributed by atoms with van der Waals surface area (Å²) in [6.45, 7) is 11.6. The van der Waals surface area contributed by atoms with Crippen LogP contribution in [0.5, 0.6) is 0 Å². The van der Waals surface area contributed by atoms with Gasteiger partial charge in [0.1, 0.15) is 16.7 Å². The number of carbonyl (C=O) groups excluding carboxylic acids is 2. The molecule has 0 aliphatic carbocycles. The van der Waals surface area contributed by atoms with E-state index in [4.69, 9.17) is 9.47 Å². The number of nitrogens with zero attached hydrogens (tertiary/aromatic N) is 1. The molecule has 4 rings (SSSR count). The summed E-state index contributed by atoms with van der Waals surface area (Å²) >= 11 is 0. The first-order valence-corrected chi connectivity index (χ1v) is 12.6. The van der Waals surface area contributed by atoms with Crippen molar-refractivity contribution >= 4 is 12.2 Å². The Morgan fingerprint density at radius 2 is 1.16 bits per heavy atom. The van der Waals surface area contributed by atoms with Crippen molar-refractivity contribution in [1.29, 1.82) is 0 Å². The normalized spacial score (nSPS) is 14.9. The van der Waals surface area contributed by atoms with Crippen LogP contribution in [-0.2, 0) is 15.0 Å². The zero-order chi connectivity index (χ0) is 26.8. The van der Waals surface area contributed by atoms with Gasteiger partial charge in [-0.2, -0.15) is 0 Å². The zero-order valence-corrected chi connectivity index (χ0v) is 22.5. The van der Waals surface area contributed by atoms with Crippen molar-refractivity contribution in [3.8, 4) is 22.3 Å². The van der Waals surface area contributed by atoms with Crippen molar-refractivity contribution < 1.29 is 19.1 Å². The van der Waals surface area contributed by atoms with Gasteiger partial charge in [-0.1, -0.05) is 60.7 Å². The van der Waals surface area contributed by atoms with Crippen LogP contribution in [-0.4, -0.2) is 41.4 Å². The summed E-state index contributed by atoms with van der Waals surface area (Å²) in [7, 11) is 0. The highest BCUT2D eigenvalue weighted by Gasteiger charge is 2.50. The molecule has 1 saturated heterocycles. The van der Waals surface area contributed by atoms with E-state index in [-0.39, 0.29) is 13.1 Å². The lowest BCUT2D eigenvalue weighted by Crippen LogP contribution is -2.69. The highest BCUT2D eigenvalue weighted by atomic mass is 16.6. The standard InChI is InChI=1S/C31H36N2O4/c1-29(2,3)36-27(34)32-31(20-33(21-31)28(35)37-30(4,5)6)26-18-24(22-13-9-7-10-14-22)17-25(19-26)23-15-11-8-12-16-23/h7-19H,20-21H2,1-6H3,(H,32,34). The van der Waals surface area contributed by atoms with Gasteiger partial charge in [-0.25, -0.2) is 9.59 Å². The average molecular weight is 501 g/mol. The van der Waals surface area contributed by atoms with Crippen LogP contribution in [0.15, 0.2) is 78.9 Å². The van der Waals surface area contributed by atoms with Crippen LogP contribution < -0.4 is 5.32 Å². The molecule has 0 atom stereocenters. The summed E-state index contributed by atoms with van der Waals surface area (Å²) in [6, 6.07) is 26.6. The maximum atomic E-state index is 13.0. The lowest BCUT2D eigenvalue weighted by atomic mass is 9.80. The molecule has 1 aliphatic rings. The summed E-state index contributed by atoms with van der Waals surface area (Å²) in [4.78, 5) is 27.4. The first-order chi connectivity index (χ1) is 17.3. The van der Waals surface area contributed by atoms with E-state index in [0.29, 0.717) is 0 Å². The lowest BCUT2D eigenvalue weighted by Gasteiger charge is -2.50. The van der Waals surface area contributed by atoms with Crippen molar-refractivity contribution in [3.05, 3.63) is 84.4 Å². The van der Waals surface area contributed by atoms with Crippen molar-refractivity contribution in [2.24, 2.45) is 0 Å². The van der Waals surface area contributed by atoms with Gasteiger partial charge in [0.05, 0.1) is 13.1 Å². The van der Waals surface area contributed by atoms with Crippen molar-refractivity contribution in [1.82, 2.24) is 10.2 Å². The Labute approximate surface area is 219 Å². The molecule has 0 radical (unpaired) electrons. The van der Waals surface area contributed by atoms with E-state index in [1.54, 1.807) is 4.90 Å². The van der Waals surface area contributed by atoms with Gasteiger partial charge in [0.2, 0.25) is 0 Å². The number of benzene rings is 3. The molecule has 0 bridgehead atoms. The van der Waals surface area contributed by atoms with Crippen molar-refractivity contribution in [2.75, 3.05) is 13.1 Å². The lowest BCUT2D eigenvalue weighted by molar-refractivity contribution is -0.0229. The minimum Gasteiger partial charge on any atom is -0.444 e. The number of carbonyl (C=O) groups is 2. The molecule has 1 aliphatic heterocycles. The van der Waals surface area contributed by atoms with E-state index in [1.165, 1.54) is 0 Å².